The molecule has 1 aliphatic carbocycles. The van der Waals surface area contributed by atoms with Crippen molar-refractivity contribution in [2.75, 3.05) is 0 Å². The highest BCUT2D eigenvalue weighted by atomic mass is 79.9. The molecule has 0 aromatic carbocycles. The molecule has 1 saturated carbocycles. The van der Waals surface area contributed by atoms with Crippen LogP contribution in [0, 0.1) is 0 Å². The molecule has 1 aromatic rings. The molecule has 1 fully saturated rings. The van der Waals surface area contributed by atoms with Crippen molar-refractivity contribution in [3.63, 3.8) is 0 Å². The van der Waals surface area contributed by atoms with Gasteiger partial charge in [0, 0.05) is 12.6 Å². The predicted molar refractivity (Wildman–Crippen MR) is 56.7 cm³/mol. The third-order valence-electron chi connectivity index (χ3n) is 2.73. The number of rotatable bonds is 2. The maximum absolute atomic E-state index is 10.3. The molecule has 5 heteroatoms. The normalized spacial score (nSPS) is 31.6. The molecule has 0 aliphatic heterocycles. The van der Waals surface area contributed by atoms with Gasteiger partial charge >= 0.3 is 0 Å². The Morgan fingerprint density at radius 1 is 1.79 bits per heavy atom. The van der Waals surface area contributed by atoms with E-state index in [4.69, 9.17) is 5.73 Å². The minimum Gasteiger partial charge on any atom is -0.383 e. The topological polar surface area (TPSA) is 64.1 Å². The molecule has 4 nitrogen and oxygen atoms in total. The standard InChI is InChI=1S/C9H14BrN3O/c1-2-13-8(7(10)5-12-13)9(14)3-6(11)4-9/h5-6,14H,2-4,11H2,1H3. The lowest BCUT2D eigenvalue weighted by Gasteiger charge is -2.42. The van der Waals surface area contributed by atoms with Crippen LogP contribution in [0.3, 0.4) is 0 Å². The Morgan fingerprint density at radius 3 is 2.93 bits per heavy atom. The lowest BCUT2D eigenvalue weighted by molar-refractivity contribution is -0.0599. The molecule has 78 valence electrons. The molecule has 0 bridgehead atoms. The number of aromatic nitrogens is 2. The second kappa shape index (κ2) is 3.32. The Hall–Kier alpha value is -0.390. The van der Waals surface area contributed by atoms with Crippen molar-refractivity contribution >= 4 is 15.9 Å². The number of halogens is 1. The Morgan fingerprint density at radius 2 is 2.43 bits per heavy atom. The molecule has 0 unspecified atom stereocenters. The van der Waals surface area contributed by atoms with Crippen LogP contribution in [0.25, 0.3) is 0 Å². The largest absolute Gasteiger partial charge is 0.383 e. The highest BCUT2D eigenvalue weighted by Crippen LogP contribution is 2.43. The van der Waals surface area contributed by atoms with Crippen molar-refractivity contribution in [2.45, 2.75) is 38.0 Å². The Kier molecular flexibility index (Phi) is 2.41. The third-order valence-corrected chi connectivity index (χ3v) is 3.32. The molecule has 0 amide bonds. The summed E-state index contributed by atoms with van der Waals surface area (Å²) in [7, 11) is 0. The fourth-order valence-electron chi connectivity index (χ4n) is 2.07. The smallest absolute Gasteiger partial charge is 0.110 e. The van der Waals surface area contributed by atoms with Crippen LogP contribution >= 0.6 is 15.9 Å². The SMILES string of the molecule is CCn1ncc(Br)c1C1(O)CC(N)C1. The van der Waals surface area contributed by atoms with E-state index in [-0.39, 0.29) is 6.04 Å². The van der Waals surface area contributed by atoms with Crippen LogP contribution < -0.4 is 5.73 Å². The van der Waals surface area contributed by atoms with Crippen LogP contribution in [0.4, 0.5) is 0 Å². The van der Waals surface area contributed by atoms with Crippen LogP contribution in [0.5, 0.6) is 0 Å². The molecule has 0 atom stereocenters. The summed E-state index contributed by atoms with van der Waals surface area (Å²) in [5, 5.41) is 14.4. The van der Waals surface area contributed by atoms with E-state index in [0.29, 0.717) is 12.8 Å². The minimum atomic E-state index is -0.773. The number of nitrogens with two attached hydrogens (primary N) is 1. The summed E-state index contributed by atoms with van der Waals surface area (Å²) in [5.41, 5.74) is 5.79. The summed E-state index contributed by atoms with van der Waals surface area (Å²) >= 11 is 3.40. The van der Waals surface area contributed by atoms with Gasteiger partial charge in [-0.2, -0.15) is 5.10 Å². The number of nitrogens with zero attached hydrogens (tertiary/aromatic N) is 2. The molecular formula is C9H14BrN3O. The van der Waals surface area contributed by atoms with Crippen LogP contribution in [-0.4, -0.2) is 20.9 Å². The lowest BCUT2D eigenvalue weighted by atomic mass is 9.74. The molecule has 1 heterocycles. The summed E-state index contributed by atoms with van der Waals surface area (Å²) in [6.07, 6.45) is 2.97. The summed E-state index contributed by atoms with van der Waals surface area (Å²) in [5.74, 6) is 0. The van der Waals surface area contributed by atoms with Gasteiger partial charge in [0.2, 0.25) is 0 Å². The monoisotopic (exact) mass is 259 g/mol. The van der Waals surface area contributed by atoms with E-state index in [0.717, 1.165) is 16.7 Å². The predicted octanol–water partition coefficient (Wildman–Crippen LogP) is 0.974. The van der Waals surface area contributed by atoms with E-state index in [1.54, 1.807) is 6.20 Å². The van der Waals surface area contributed by atoms with Crippen molar-refractivity contribution < 1.29 is 5.11 Å². The zero-order valence-electron chi connectivity index (χ0n) is 8.07. The number of hydrogen-bond acceptors (Lipinski definition) is 3. The summed E-state index contributed by atoms with van der Waals surface area (Å²) in [6.45, 7) is 2.77. The summed E-state index contributed by atoms with van der Waals surface area (Å²) in [6, 6.07) is 0.118. The second-order valence-corrected chi connectivity index (χ2v) is 4.71. The van der Waals surface area contributed by atoms with Gasteiger partial charge in [0.1, 0.15) is 5.60 Å². The number of aliphatic hydroxyl groups is 1. The molecular weight excluding hydrogens is 246 g/mol. The van der Waals surface area contributed by atoms with Crippen molar-refractivity contribution in [2.24, 2.45) is 5.73 Å². The van der Waals surface area contributed by atoms with Gasteiger partial charge in [-0.25, -0.2) is 0 Å². The van der Waals surface area contributed by atoms with Crippen molar-refractivity contribution in [1.82, 2.24) is 9.78 Å². The van der Waals surface area contributed by atoms with Crippen LogP contribution in [0.15, 0.2) is 10.7 Å². The highest BCUT2D eigenvalue weighted by Gasteiger charge is 2.45. The Labute approximate surface area is 91.2 Å². The third kappa shape index (κ3) is 1.39. The molecule has 0 saturated heterocycles. The van der Waals surface area contributed by atoms with E-state index in [1.807, 2.05) is 11.6 Å². The van der Waals surface area contributed by atoms with E-state index in [2.05, 4.69) is 21.0 Å². The van der Waals surface area contributed by atoms with Gasteiger partial charge < -0.3 is 10.8 Å². The van der Waals surface area contributed by atoms with Crippen molar-refractivity contribution in [1.29, 1.82) is 0 Å². The first-order valence-corrected chi connectivity index (χ1v) is 5.56. The van der Waals surface area contributed by atoms with Crippen molar-refractivity contribution in [3.05, 3.63) is 16.4 Å². The summed E-state index contributed by atoms with van der Waals surface area (Å²) < 4.78 is 2.68. The zero-order chi connectivity index (χ0) is 10.3. The van der Waals surface area contributed by atoms with Gasteiger partial charge in [-0.15, -0.1) is 0 Å². The quantitative estimate of drug-likeness (QED) is 0.832. The van der Waals surface area contributed by atoms with Gasteiger partial charge in [-0.3, -0.25) is 4.68 Å². The average Bonchev–Trinajstić information content (AvgIpc) is 2.44. The van der Waals surface area contributed by atoms with Gasteiger partial charge in [-0.1, -0.05) is 0 Å². The van der Waals surface area contributed by atoms with E-state index < -0.39 is 5.60 Å². The first-order valence-electron chi connectivity index (χ1n) is 4.76. The van der Waals surface area contributed by atoms with Gasteiger partial charge in [0.15, 0.2) is 0 Å². The average molecular weight is 260 g/mol. The fraction of sp³-hybridized carbons (Fsp3) is 0.667. The Balaban J connectivity index is 2.35. The van der Waals surface area contributed by atoms with E-state index in [9.17, 15) is 5.11 Å². The molecule has 1 aliphatic rings. The van der Waals surface area contributed by atoms with E-state index in [1.165, 1.54) is 0 Å². The van der Waals surface area contributed by atoms with Gasteiger partial charge in [-0.05, 0) is 35.7 Å². The molecule has 2 rings (SSSR count). The van der Waals surface area contributed by atoms with Crippen LogP contribution in [-0.2, 0) is 12.1 Å². The molecule has 14 heavy (non-hydrogen) atoms. The van der Waals surface area contributed by atoms with Gasteiger partial charge in [0.05, 0.1) is 16.4 Å². The van der Waals surface area contributed by atoms with Crippen LogP contribution in [0.2, 0.25) is 0 Å². The molecule has 3 N–H and O–H groups in total. The summed E-state index contributed by atoms with van der Waals surface area (Å²) in [4.78, 5) is 0. The van der Waals surface area contributed by atoms with Crippen LogP contribution in [0.1, 0.15) is 25.5 Å². The highest BCUT2D eigenvalue weighted by molar-refractivity contribution is 9.10. The number of aryl methyl sites for hydroxylation is 1. The fourth-order valence-corrected chi connectivity index (χ4v) is 2.73. The maximum atomic E-state index is 10.3. The minimum absolute atomic E-state index is 0.118. The molecule has 0 radical (unpaired) electrons. The first-order chi connectivity index (χ1) is 6.57. The zero-order valence-corrected chi connectivity index (χ0v) is 9.66. The van der Waals surface area contributed by atoms with Crippen molar-refractivity contribution in [3.8, 4) is 0 Å². The second-order valence-electron chi connectivity index (χ2n) is 3.86. The molecule has 1 aromatic heterocycles. The van der Waals surface area contributed by atoms with Gasteiger partial charge in [0.25, 0.3) is 0 Å². The number of hydrogen-bond donors (Lipinski definition) is 2. The lowest BCUT2D eigenvalue weighted by Crippen LogP contribution is -2.50. The molecule has 0 spiro atoms. The maximum Gasteiger partial charge on any atom is 0.110 e. The first kappa shape index (κ1) is 10.1. The Bertz CT molecular complexity index is 344. The van der Waals surface area contributed by atoms with E-state index >= 15 is 0 Å².